The largest absolute Gasteiger partial charge is 0.397 e. The molecule has 0 fully saturated rings. The van der Waals surface area contributed by atoms with Crippen molar-refractivity contribution in [3.8, 4) is 12.3 Å². The Bertz CT molecular complexity index is 1070. The zero-order valence-electron chi connectivity index (χ0n) is 19.2. The molecule has 33 heavy (non-hydrogen) atoms. The van der Waals surface area contributed by atoms with Crippen LogP contribution in [0.4, 0.5) is 17.3 Å². The predicted molar refractivity (Wildman–Crippen MR) is 131 cm³/mol. The number of nitrogen functional groups attached to an aromatic ring is 2. The number of unbranched alkanes of at least 4 members (excludes halogenated alkanes) is 2. The zero-order valence-corrected chi connectivity index (χ0v) is 19.2. The van der Waals surface area contributed by atoms with Crippen LogP contribution in [0.1, 0.15) is 67.8 Å². The van der Waals surface area contributed by atoms with E-state index in [1.807, 2.05) is 24.4 Å². The smallest absolute Gasteiger partial charge is 0.211 e. The molecular formula is C24H31N9. The first-order valence-corrected chi connectivity index (χ1v) is 11.3. The number of rotatable bonds is 9. The Morgan fingerprint density at radius 3 is 2.33 bits per heavy atom. The van der Waals surface area contributed by atoms with Crippen LogP contribution >= 0.6 is 0 Å². The number of nitrogens with two attached hydrogens (primary N) is 2. The summed E-state index contributed by atoms with van der Waals surface area (Å²) in [5.74, 6) is 0.671. The van der Waals surface area contributed by atoms with Gasteiger partial charge in [-0.2, -0.15) is 10.5 Å². The Balaban J connectivity index is 1.92. The highest BCUT2D eigenvalue weighted by atomic mass is 15.2. The number of nitrogens with zero attached hydrogens (tertiary/aromatic N) is 5. The van der Waals surface area contributed by atoms with Gasteiger partial charge in [-0.05, 0) is 37.1 Å². The van der Waals surface area contributed by atoms with Gasteiger partial charge in [0, 0.05) is 12.1 Å². The summed E-state index contributed by atoms with van der Waals surface area (Å²) in [5.41, 5.74) is 15.3. The number of guanidine groups is 1. The summed E-state index contributed by atoms with van der Waals surface area (Å²) < 4.78 is 0. The Morgan fingerprint density at radius 2 is 1.76 bits per heavy atom. The molecule has 0 spiro atoms. The van der Waals surface area contributed by atoms with Crippen molar-refractivity contribution >= 4 is 23.3 Å². The number of pyridine rings is 1. The molecule has 1 atom stereocenters. The molecule has 0 radical (unpaired) electrons. The van der Waals surface area contributed by atoms with E-state index in [0.717, 1.165) is 25.2 Å². The number of benzene rings is 1. The van der Waals surface area contributed by atoms with E-state index in [1.165, 1.54) is 31.2 Å². The monoisotopic (exact) mass is 445 g/mol. The minimum atomic E-state index is -0.525. The lowest BCUT2D eigenvalue weighted by atomic mass is 9.94. The summed E-state index contributed by atoms with van der Waals surface area (Å²) in [4.78, 5) is 11.4. The number of aliphatic imine (C=N–C) groups is 1. The number of nitriles is 2. The maximum absolute atomic E-state index is 9.47. The van der Waals surface area contributed by atoms with Crippen molar-refractivity contribution in [1.82, 2.24) is 15.2 Å². The number of hydrogen-bond donors (Lipinski definition) is 4. The van der Waals surface area contributed by atoms with Crippen LogP contribution in [0.5, 0.6) is 0 Å². The molecule has 0 amide bonds. The van der Waals surface area contributed by atoms with E-state index in [4.69, 9.17) is 16.7 Å². The van der Waals surface area contributed by atoms with Gasteiger partial charge in [-0.1, -0.05) is 51.0 Å². The van der Waals surface area contributed by atoms with Crippen molar-refractivity contribution in [2.24, 2.45) is 4.99 Å². The van der Waals surface area contributed by atoms with Crippen LogP contribution in [0.15, 0.2) is 29.3 Å². The standard InChI is InChI=1S/C24H31N9/c1-3-5-11-33(12-6-4-2)14-16-7-9-17(10-8-16)21-19-20(27)18(13-25)22(28)31-23(19)32-24(30-21)29-15-26/h7-10,21H,3-6,11-12,14H2,1-2H3,(H6,27,28,29,30,31,32). The van der Waals surface area contributed by atoms with Crippen molar-refractivity contribution in [3.05, 3.63) is 46.5 Å². The van der Waals surface area contributed by atoms with Gasteiger partial charge in [-0.15, -0.1) is 0 Å². The lowest BCUT2D eigenvalue weighted by Crippen LogP contribution is -2.32. The second kappa shape index (κ2) is 11.2. The number of hydrogen-bond acceptors (Lipinski definition) is 9. The third kappa shape index (κ3) is 5.51. The predicted octanol–water partition coefficient (Wildman–Crippen LogP) is 3.46. The first-order valence-electron chi connectivity index (χ1n) is 11.3. The highest BCUT2D eigenvalue weighted by Gasteiger charge is 2.29. The van der Waals surface area contributed by atoms with Crippen LogP contribution in [0.2, 0.25) is 0 Å². The first-order chi connectivity index (χ1) is 16.0. The Kier molecular flexibility index (Phi) is 8.06. The highest BCUT2D eigenvalue weighted by Crippen LogP contribution is 2.40. The number of aromatic nitrogens is 1. The summed E-state index contributed by atoms with van der Waals surface area (Å²) >= 11 is 0. The van der Waals surface area contributed by atoms with Crippen molar-refractivity contribution in [2.75, 3.05) is 29.9 Å². The molecule has 0 aliphatic carbocycles. The minimum absolute atomic E-state index is 0.0350. The molecular weight excluding hydrogens is 414 g/mol. The molecule has 9 heteroatoms. The summed E-state index contributed by atoms with van der Waals surface area (Å²) in [6.07, 6.45) is 6.60. The maximum Gasteiger partial charge on any atom is 0.211 e. The summed E-state index contributed by atoms with van der Waals surface area (Å²) in [6, 6.07) is 9.73. The van der Waals surface area contributed by atoms with Crippen molar-refractivity contribution < 1.29 is 0 Å². The van der Waals surface area contributed by atoms with Gasteiger partial charge in [0.1, 0.15) is 29.3 Å². The van der Waals surface area contributed by atoms with Crippen molar-refractivity contribution in [2.45, 2.75) is 52.1 Å². The molecule has 0 saturated carbocycles. The van der Waals surface area contributed by atoms with Crippen LogP contribution in [0.25, 0.3) is 0 Å². The molecule has 1 unspecified atom stereocenters. The van der Waals surface area contributed by atoms with E-state index in [9.17, 15) is 5.26 Å². The molecule has 0 bridgehead atoms. The van der Waals surface area contributed by atoms with Gasteiger partial charge in [0.05, 0.1) is 5.69 Å². The van der Waals surface area contributed by atoms with Crippen molar-refractivity contribution in [1.29, 1.82) is 10.5 Å². The third-order valence-corrected chi connectivity index (χ3v) is 5.71. The van der Waals surface area contributed by atoms with Crippen LogP contribution < -0.4 is 22.1 Å². The minimum Gasteiger partial charge on any atom is -0.397 e. The second-order valence-electron chi connectivity index (χ2n) is 8.13. The van der Waals surface area contributed by atoms with Gasteiger partial charge in [0.2, 0.25) is 5.96 Å². The first kappa shape index (κ1) is 23.8. The molecule has 172 valence electrons. The molecule has 1 aromatic carbocycles. The fourth-order valence-electron chi connectivity index (χ4n) is 3.92. The quantitative estimate of drug-likeness (QED) is 0.338. The topological polar surface area (TPSA) is 152 Å². The van der Waals surface area contributed by atoms with E-state index in [0.29, 0.717) is 11.4 Å². The molecule has 1 aliphatic rings. The fourth-order valence-corrected chi connectivity index (χ4v) is 3.92. The van der Waals surface area contributed by atoms with Gasteiger partial charge in [-0.25, -0.2) is 9.98 Å². The highest BCUT2D eigenvalue weighted by molar-refractivity contribution is 5.98. The van der Waals surface area contributed by atoms with E-state index in [2.05, 4.69) is 51.5 Å². The molecule has 1 aliphatic heterocycles. The molecule has 1 aromatic heterocycles. The molecule has 6 N–H and O–H groups in total. The fraction of sp³-hybridized carbons (Fsp3) is 0.417. The van der Waals surface area contributed by atoms with Gasteiger partial charge in [0.25, 0.3) is 0 Å². The lowest BCUT2D eigenvalue weighted by Gasteiger charge is -2.26. The molecule has 2 heterocycles. The van der Waals surface area contributed by atoms with Gasteiger partial charge in [-0.3, -0.25) is 10.2 Å². The van der Waals surface area contributed by atoms with Crippen LogP contribution in [-0.4, -0.2) is 28.9 Å². The van der Waals surface area contributed by atoms with Gasteiger partial charge >= 0.3 is 0 Å². The van der Waals surface area contributed by atoms with E-state index >= 15 is 0 Å². The zero-order chi connectivity index (χ0) is 23.8. The van der Waals surface area contributed by atoms with Gasteiger partial charge in [0.15, 0.2) is 6.19 Å². The summed E-state index contributed by atoms with van der Waals surface area (Å²) in [7, 11) is 0. The number of fused-ring (bicyclic) bond motifs is 1. The van der Waals surface area contributed by atoms with Crippen LogP contribution in [0, 0.1) is 22.8 Å². The number of nitrogens with one attached hydrogen (secondary N) is 2. The number of anilines is 3. The lowest BCUT2D eigenvalue weighted by molar-refractivity contribution is 0.257. The average Bonchev–Trinajstić information content (AvgIpc) is 2.81. The molecule has 2 aromatic rings. The normalized spacial score (nSPS) is 14.6. The van der Waals surface area contributed by atoms with E-state index in [-0.39, 0.29) is 23.0 Å². The van der Waals surface area contributed by atoms with Crippen LogP contribution in [-0.2, 0) is 6.54 Å². The SMILES string of the molecule is CCCCN(CCCC)Cc1ccc(C2N=C(NC#N)Nc3nc(N)c(C#N)c(N)c32)cc1. The Hall–Kier alpha value is -3.82. The second-order valence-corrected chi connectivity index (χ2v) is 8.13. The molecule has 3 rings (SSSR count). The summed E-state index contributed by atoms with van der Waals surface area (Å²) in [5, 5.41) is 24.0. The Morgan fingerprint density at radius 1 is 1.09 bits per heavy atom. The Labute approximate surface area is 195 Å². The van der Waals surface area contributed by atoms with Crippen molar-refractivity contribution in [3.63, 3.8) is 0 Å². The maximum atomic E-state index is 9.47. The van der Waals surface area contributed by atoms with E-state index < -0.39 is 6.04 Å². The molecule has 9 nitrogen and oxygen atoms in total. The van der Waals surface area contributed by atoms with E-state index in [1.54, 1.807) is 0 Å². The third-order valence-electron chi connectivity index (χ3n) is 5.71. The summed E-state index contributed by atoms with van der Waals surface area (Å²) in [6.45, 7) is 7.51. The average molecular weight is 446 g/mol. The van der Waals surface area contributed by atoms with Gasteiger partial charge < -0.3 is 16.8 Å². The van der Waals surface area contributed by atoms with Crippen LogP contribution in [0.3, 0.4) is 0 Å². The molecule has 0 saturated heterocycles.